The van der Waals surface area contributed by atoms with Crippen LogP contribution in [0.25, 0.3) is 0 Å². The van der Waals surface area contributed by atoms with Gasteiger partial charge < -0.3 is 15.5 Å². The van der Waals surface area contributed by atoms with Gasteiger partial charge in [0.15, 0.2) is 5.13 Å². The van der Waals surface area contributed by atoms with E-state index in [1.807, 2.05) is 23.6 Å². The van der Waals surface area contributed by atoms with E-state index < -0.39 is 34.3 Å². The zero-order valence-electron chi connectivity index (χ0n) is 20.0. The molecular formula is C24H22Cl2F3N3O5S2. The van der Waals surface area contributed by atoms with Crippen LogP contribution in [0.4, 0.5) is 24.1 Å². The molecule has 1 saturated carbocycles. The number of hydrogen-bond acceptors (Lipinski definition) is 7. The lowest BCUT2D eigenvalue weighted by Gasteiger charge is -2.36. The van der Waals surface area contributed by atoms with Crippen molar-refractivity contribution in [3.8, 4) is 0 Å². The minimum atomic E-state index is -5.08. The number of nitrogens with one attached hydrogen (secondary N) is 1. The van der Waals surface area contributed by atoms with Gasteiger partial charge in [0.05, 0.1) is 31.2 Å². The SMILES string of the molecule is O=C(O)C(F)(F)F.O=C(O)C1(Cc2cccc(Nc3nccs3)n2)CCC(S(=O)c2cccc(Cl)c2Cl)CC1. The van der Waals surface area contributed by atoms with Crippen LogP contribution in [0.5, 0.6) is 0 Å². The first kappa shape index (κ1) is 30.8. The lowest BCUT2D eigenvalue weighted by molar-refractivity contribution is -0.192. The Morgan fingerprint density at radius 3 is 2.33 bits per heavy atom. The molecule has 1 unspecified atom stereocenters. The first-order chi connectivity index (χ1) is 18.3. The van der Waals surface area contributed by atoms with Crippen LogP contribution in [0, 0.1) is 5.41 Å². The number of alkyl halides is 3. The fraction of sp³-hybridized carbons (Fsp3) is 0.333. The number of thiazole rings is 1. The van der Waals surface area contributed by atoms with Crippen molar-refractivity contribution in [1.82, 2.24) is 9.97 Å². The van der Waals surface area contributed by atoms with Gasteiger partial charge >= 0.3 is 18.1 Å². The van der Waals surface area contributed by atoms with Crippen LogP contribution in [0.1, 0.15) is 31.4 Å². The summed E-state index contributed by atoms with van der Waals surface area (Å²) in [6, 6.07) is 10.6. The van der Waals surface area contributed by atoms with Crippen LogP contribution in [0.2, 0.25) is 10.0 Å². The molecule has 1 fully saturated rings. The number of halogens is 5. The maximum Gasteiger partial charge on any atom is 0.490 e. The topological polar surface area (TPSA) is 129 Å². The molecule has 15 heteroatoms. The molecule has 1 atom stereocenters. The van der Waals surface area contributed by atoms with Crippen molar-refractivity contribution < 1.29 is 37.2 Å². The molecule has 210 valence electrons. The molecule has 0 spiro atoms. The van der Waals surface area contributed by atoms with E-state index >= 15 is 0 Å². The third-order valence-corrected chi connectivity index (χ3v) is 9.49. The number of hydrogen-bond donors (Lipinski definition) is 3. The number of carboxylic acids is 2. The summed E-state index contributed by atoms with van der Waals surface area (Å²) in [5, 5.41) is 23.4. The Hall–Kier alpha value is -2.74. The second-order valence-corrected chi connectivity index (χ2v) is 12.0. The van der Waals surface area contributed by atoms with E-state index in [2.05, 4.69) is 15.3 Å². The molecule has 8 nitrogen and oxygen atoms in total. The maximum absolute atomic E-state index is 13.1. The predicted molar refractivity (Wildman–Crippen MR) is 142 cm³/mol. The number of aliphatic carboxylic acids is 2. The second kappa shape index (κ2) is 13.1. The van der Waals surface area contributed by atoms with Gasteiger partial charge in [-0.25, -0.2) is 14.8 Å². The van der Waals surface area contributed by atoms with E-state index in [1.165, 1.54) is 11.3 Å². The van der Waals surface area contributed by atoms with E-state index in [9.17, 15) is 27.3 Å². The summed E-state index contributed by atoms with van der Waals surface area (Å²) in [6.07, 6.45) is -1.18. The van der Waals surface area contributed by atoms with Crippen molar-refractivity contribution in [1.29, 1.82) is 0 Å². The number of nitrogens with zero attached hydrogens (tertiary/aromatic N) is 2. The van der Waals surface area contributed by atoms with E-state index in [0.29, 0.717) is 58.6 Å². The number of carbonyl (C=O) groups is 2. The van der Waals surface area contributed by atoms with Gasteiger partial charge in [0.2, 0.25) is 0 Å². The number of pyridine rings is 1. The normalized spacial score (nSPS) is 19.9. The molecule has 1 aliphatic rings. The average Bonchev–Trinajstić information content (AvgIpc) is 3.39. The highest BCUT2D eigenvalue weighted by Crippen LogP contribution is 2.42. The molecule has 0 bridgehead atoms. The molecule has 39 heavy (non-hydrogen) atoms. The molecule has 0 amide bonds. The minimum absolute atomic E-state index is 0.163. The van der Waals surface area contributed by atoms with Gasteiger partial charge in [-0.1, -0.05) is 35.3 Å². The highest BCUT2D eigenvalue weighted by atomic mass is 35.5. The van der Waals surface area contributed by atoms with Crippen LogP contribution in [0.15, 0.2) is 52.9 Å². The van der Waals surface area contributed by atoms with Crippen molar-refractivity contribution in [3.63, 3.8) is 0 Å². The largest absolute Gasteiger partial charge is 0.490 e. The Kier molecular flexibility index (Phi) is 10.3. The van der Waals surface area contributed by atoms with E-state index in [1.54, 1.807) is 24.4 Å². The van der Waals surface area contributed by atoms with Gasteiger partial charge in [0.1, 0.15) is 5.82 Å². The second-order valence-electron chi connectivity index (χ2n) is 8.59. The number of carboxylic acid groups (broad SMARTS) is 2. The summed E-state index contributed by atoms with van der Waals surface area (Å²) in [5.41, 5.74) is -0.238. The summed E-state index contributed by atoms with van der Waals surface area (Å²) in [5.74, 6) is -2.97. The Morgan fingerprint density at radius 1 is 1.13 bits per heavy atom. The molecule has 2 heterocycles. The van der Waals surface area contributed by atoms with Crippen molar-refractivity contribution in [2.45, 2.75) is 48.4 Å². The molecule has 3 aromatic rings. The molecule has 1 aliphatic carbocycles. The minimum Gasteiger partial charge on any atom is -0.481 e. The number of anilines is 2. The Bertz CT molecular complexity index is 1330. The van der Waals surface area contributed by atoms with Crippen molar-refractivity contribution in [3.05, 3.63) is 63.7 Å². The first-order valence-electron chi connectivity index (χ1n) is 11.3. The number of aromatic nitrogens is 2. The highest BCUT2D eigenvalue weighted by molar-refractivity contribution is 7.85. The van der Waals surface area contributed by atoms with Gasteiger partial charge in [-0.05, 0) is 49.9 Å². The molecule has 3 N–H and O–H groups in total. The van der Waals surface area contributed by atoms with Crippen molar-refractivity contribution in [2.75, 3.05) is 5.32 Å². The summed E-state index contributed by atoms with van der Waals surface area (Å²) >= 11 is 13.8. The zero-order chi connectivity index (χ0) is 28.8. The van der Waals surface area contributed by atoms with Crippen LogP contribution in [-0.4, -0.2) is 47.8 Å². The molecule has 2 aromatic heterocycles. The monoisotopic (exact) mass is 623 g/mol. The lowest BCUT2D eigenvalue weighted by atomic mass is 9.71. The number of rotatable bonds is 7. The van der Waals surface area contributed by atoms with Crippen molar-refractivity contribution >= 4 is 68.2 Å². The van der Waals surface area contributed by atoms with E-state index in [4.69, 9.17) is 33.1 Å². The number of benzene rings is 1. The van der Waals surface area contributed by atoms with Gasteiger partial charge in [-0.15, -0.1) is 11.3 Å². The third kappa shape index (κ3) is 8.13. The third-order valence-electron chi connectivity index (χ3n) is 6.02. The van der Waals surface area contributed by atoms with Gasteiger partial charge in [-0.2, -0.15) is 13.2 Å². The summed E-state index contributed by atoms with van der Waals surface area (Å²) in [6.45, 7) is 0. The van der Waals surface area contributed by atoms with Gasteiger partial charge in [0.25, 0.3) is 0 Å². The average molecular weight is 624 g/mol. The summed E-state index contributed by atoms with van der Waals surface area (Å²) in [7, 11) is -1.35. The molecule has 0 radical (unpaired) electrons. The highest BCUT2D eigenvalue weighted by Gasteiger charge is 2.44. The Labute approximate surface area is 237 Å². The molecule has 1 aromatic carbocycles. The molecular weight excluding hydrogens is 602 g/mol. The predicted octanol–water partition coefficient (Wildman–Crippen LogP) is 6.59. The first-order valence-corrected chi connectivity index (χ1v) is 14.2. The van der Waals surface area contributed by atoms with Gasteiger partial charge in [0, 0.05) is 28.9 Å². The lowest BCUT2D eigenvalue weighted by Crippen LogP contribution is -2.40. The summed E-state index contributed by atoms with van der Waals surface area (Å²) in [4.78, 5) is 30.5. The van der Waals surface area contributed by atoms with Crippen molar-refractivity contribution in [2.24, 2.45) is 5.41 Å². The standard InChI is InChI=1S/C22H21Cl2N3O3S2.C2HF3O2/c23-16-4-2-5-17(19(16)24)32(30)15-7-9-22(10-8-15,20(28)29)13-14-3-1-6-18(26-14)27-21-25-11-12-31-21;3-2(4,5)1(6)7/h1-6,11-12,15H,7-10,13H2,(H,28,29)(H,25,26,27);(H,6,7). The molecule has 4 rings (SSSR count). The smallest absolute Gasteiger partial charge is 0.481 e. The molecule has 0 aliphatic heterocycles. The zero-order valence-corrected chi connectivity index (χ0v) is 23.1. The fourth-order valence-electron chi connectivity index (χ4n) is 4.03. The molecule has 0 saturated heterocycles. The van der Waals surface area contributed by atoms with Gasteiger partial charge in [-0.3, -0.25) is 9.00 Å². The van der Waals surface area contributed by atoms with E-state index in [-0.39, 0.29) is 5.25 Å². The fourth-order valence-corrected chi connectivity index (χ4v) is 6.68. The maximum atomic E-state index is 13.1. The van der Waals surface area contributed by atoms with Crippen LogP contribution in [0.3, 0.4) is 0 Å². The Morgan fingerprint density at radius 2 is 1.77 bits per heavy atom. The van der Waals surface area contributed by atoms with Crippen LogP contribution < -0.4 is 5.32 Å². The quantitative estimate of drug-likeness (QED) is 0.269. The Balaban J connectivity index is 0.000000532. The summed E-state index contributed by atoms with van der Waals surface area (Å²) < 4.78 is 44.8. The van der Waals surface area contributed by atoms with E-state index in [0.717, 1.165) is 5.13 Å². The van der Waals surface area contributed by atoms with Crippen LogP contribution >= 0.6 is 34.5 Å². The van der Waals surface area contributed by atoms with Crippen LogP contribution in [-0.2, 0) is 26.8 Å².